The van der Waals surface area contributed by atoms with Crippen LogP contribution in [0.15, 0.2) is 43.0 Å². The van der Waals surface area contributed by atoms with Gasteiger partial charge in [0.25, 0.3) is 0 Å². The van der Waals surface area contributed by atoms with Gasteiger partial charge in [-0.1, -0.05) is 23.7 Å². The van der Waals surface area contributed by atoms with E-state index in [1.54, 1.807) is 12.1 Å². The van der Waals surface area contributed by atoms with Crippen molar-refractivity contribution in [3.05, 3.63) is 59.1 Å². The van der Waals surface area contributed by atoms with E-state index in [2.05, 4.69) is 9.97 Å². The van der Waals surface area contributed by atoms with Crippen LogP contribution in [0.4, 0.5) is 0 Å². The maximum Gasteiger partial charge on any atom is 0.170 e. The van der Waals surface area contributed by atoms with E-state index in [0.29, 0.717) is 17.0 Å². The third-order valence-corrected chi connectivity index (χ3v) is 2.41. The minimum atomic E-state index is 0.00271. The first-order valence-corrected chi connectivity index (χ1v) is 5.16. The van der Waals surface area contributed by atoms with E-state index in [1.807, 2.05) is 12.1 Å². The third-order valence-electron chi connectivity index (χ3n) is 2.16. The topological polar surface area (TPSA) is 42.9 Å². The summed E-state index contributed by atoms with van der Waals surface area (Å²) < 4.78 is 0. The van der Waals surface area contributed by atoms with Crippen LogP contribution in [0.1, 0.15) is 15.9 Å². The van der Waals surface area contributed by atoms with Crippen LogP contribution in [-0.2, 0) is 6.42 Å². The molecule has 1 heterocycles. The highest BCUT2D eigenvalue weighted by atomic mass is 35.5. The molecule has 0 radical (unpaired) electrons. The van der Waals surface area contributed by atoms with Crippen LogP contribution < -0.4 is 0 Å². The largest absolute Gasteiger partial charge is 0.294 e. The number of rotatable bonds is 3. The molecule has 1 aromatic carbocycles. The predicted molar refractivity (Wildman–Crippen MR) is 61.5 cm³/mol. The van der Waals surface area contributed by atoms with Gasteiger partial charge in [0.1, 0.15) is 6.33 Å². The van der Waals surface area contributed by atoms with E-state index in [1.165, 1.54) is 18.7 Å². The van der Waals surface area contributed by atoms with Gasteiger partial charge in [-0.3, -0.25) is 4.79 Å². The lowest BCUT2D eigenvalue weighted by molar-refractivity contribution is 0.0992. The highest BCUT2D eigenvalue weighted by Gasteiger charge is 2.06. The zero-order chi connectivity index (χ0) is 11.4. The van der Waals surface area contributed by atoms with E-state index in [0.717, 1.165) is 5.56 Å². The molecule has 2 rings (SSSR count). The molecule has 2 aromatic rings. The number of carbonyl (C=O) groups is 1. The van der Waals surface area contributed by atoms with Crippen LogP contribution in [0, 0.1) is 0 Å². The molecule has 0 aliphatic rings. The number of nitrogens with zero attached hydrogens (tertiary/aromatic N) is 2. The Balaban J connectivity index is 2.11. The van der Waals surface area contributed by atoms with Gasteiger partial charge in [0.2, 0.25) is 0 Å². The molecule has 16 heavy (non-hydrogen) atoms. The van der Waals surface area contributed by atoms with Crippen LogP contribution in [0.2, 0.25) is 5.02 Å². The van der Waals surface area contributed by atoms with Crippen molar-refractivity contribution in [3.8, 4) is 0 Å². The molecule has 0 saturated heterocycles. The molecule has 0 atom stereocenters. The average molecular weight is 233 g/mol. The average Bonchev–Trinajstić information content (AvgIpc) is 2.33. The fourth-order valence-electron chi connectivity index (χ4n) is 1.33. The second-order valence-corrected chi connectivity index (χ2v) is 3.79. The number of hydrogen-bond donors (Lipinski definition) is 0. The quantitative estimate of drug-likeness (QED) is 0.764. The summed E-state index contributed by atoms with van der Waals surface area (Å²) in [7, 11) is 0. The Kier molecular flexibility index (Phi) is 3.27. The summed E-state index contributed by atoms with van der Waals surface area (Å²) in [6.45, 7) is 0. The molecule has 80 valence electrons. The van der Waals surface area contributed by atoms with Gasteiger partial charge in [-0.05, 0) is 17.7 Å². The van der Waals surface area contributed by atoms with Crippen molar-refractivity contribution in [1.82, 2.24) is 9.97 Å². The fourth-order valence-corrected chi connectivity index (χ4v) is 1.46. The van der Waals surface area contributed by atoms with Crippen LogP contribution in [0.25, 0.3) is 0 Å². The standard InChI is InChI=1S/C12H9ClN2O/c13-11-3-1-9(2-4-11)5-12(16)10-6-14-8-15-7-10/h1-4,6-8H,5H2. The maximum absolute atomic E-state index is 11.8. The summed E-state index contributed by atoms with van der Waals surface area (Å²) in [6.07, 6.45) is 4.78. The molecular weight excluding hydrogens is 224 g/mol. The SMILES string of the molecule is O=C(Cc1ccc(Cl)cc1)c1cncnc1. The number of halogens is 1. The summed E-state index contributed by atoms with van der Waals surface area (Å²) in [5.74, 6) is 0.00271. The van der Waals surface area contributed by atoms with E-state index >= 15 is 0 Å². The van der Waals surface area contributed by atoms with Crippen LogP contribution >= 0.6 is 11.6 Å². The molecule has 0 aliphatic heterocycles. The summed E-state index contributed by atoms with van der Waals surface area (Å²) in [5, 5.41) is 0.666. The molecule has 3 nitrogen and oxygen atoms in total. The lowest BCUT2D eigenvalue weighted by Gasteiger charge is -2.00. The molecule has 0 unspecified atom stereocenters. The van der Waals surface area contributed by atoms with E-state index in [-0.39, 0.29) is 5.78 Å². The first-order valence-electron chi connectivity index (χ1n) is 4.78. The summed E-state index contributed by atoms with van der Waals surface area (Å²) in [4.78, 5) is 19.4. The van der Waals surface area contributed by atoms with Crippen molar-refractivity contribution in [2.24, 2.45) is 0 Å². The zero-order valence-electron chi connectivity index (χ0n) is 8.43. The zero-order valence-corrected chi connectivity index (χ0v) is 9.19. The van der Waals surface area contributed by atoms with Gasteiger partial charge in [0.15, 0.2) is 5.78 Å². The second-order valence-electron chi connectivity index (χ2n) is 3.35. The monoisotopic (exact) mass is 232 g/mol. The molecule has 0 aliphatic carbocycles. The Morgan fingerprint density at radius 1 is 1.12 bits per heavy atom. The normalized spacial score (nSPS) is 10.1. The maximum atomic E-state index is 11.8. The second kappa shape index (κ2) is 4.86. The number of Topliss-reactive ketones (excluding diaryl/α,β-unsaturated/α-hetero) is 1. The van der Waals surface area contributed by atoms with E-state index < -0.39 is 0 Å². The summed E-state index contributed by atoms with van der Waals surface area (Å²) >= 11 is 5.76. The van der Waals surface area contributed by atoms with Gasteiger partial charge in [-0.15, -0.1) is 0 Å². The first-order chi connectivity index (χ1) is 7.75. The lowest BCUT2D eigenvalue weighted by atomic mass is 10.1. The molecular formula is C12H9ClN2O. The van der Waals surface area contributed by atoms with Crippen LogP contribution in [-0.4, -0.2) is 15.8 Å². The molecule has 1 aromatic heterocycles. The molecule has 0 fully saturated rings. The van der Waals surface area contributed by atoms with Gasteiger partial charge in [0.05, 0.1) is 5.56 Å². The molecule has 0 bridgehead atoms. The van der Waals surface area contributed by atoms with Crippen molar-refractivity contribution in [2.75, 3.05) is 0 Å². The van der Waals surface area contributed by atoms with Crippen molar-refractivity contribution in [3.63, 3.8) is 0 Å². The first kappa shape index (κ1) is 10.8. The highest BCUT2D eigenvalue weighted by molar-refractivity contribution is 6.30. The highest BCUT2D eigenvalue weighted by Crippen LogP contribution is 2.11. The van der Waals surface area contributed by atoms with Crippen molar-refractivity contribution >= 4 is 17.4 Å². The van der Waals surface area contributed by atoms with Crippen molar-refractivity contribution in [1.29, 1.82) is 0 Å². The van der Waals surface area contributed by atoms with E-state index in [4.69, 9.17) is 11.6 Å². The minimum absolute atomic E-state index is 0.00271. The molecule has 4 heteroatoms. The third kappa shape index (κ3) is 2.64. The Labute approximate surface area is 98.1 Å². The summed E-state index contributed by atoms with van der Waals surface area (Å²) in [5.41, 5.74) is 1.45. The van der Waals surface area contributed by atoms with Gasteiger partial charge < -0.3 is 0 Å². The fraction of sp³-hybridized carbons (Fsp3) is 0.0833. The number of carbonyl (C=O) groups excluding carboxylic acids is 1. The number of aromatic nitrogens is 2. The number of benzene rings is 1. The van der Waals surface area contributed by atoms with Gasteiger partial charge >= 0.3 is 0 Å². The van der Waals surface area contributed by atoms with Crippen molar-refractivity contribution in [2.45, 2.75) is 6.42 Å². The van der Waals surface area contributed by atoms with Gasteiger partial charge in [-0.2, -0.15) is 0 Å². The Morgan fingerprint density at radius 2 is 1.75 bits per heavy atom. The van der Waals surface area contributed by atoms with Gasteiger partial charge in [0, 0.05) is 23.8 Å². The molecule has 0 spiro atoms. The van der Waals surface area contributed by atoms with Crippen LogP contribution in [0.3, 0.4) is 0 Å². The van der Waals surface area contributed by atoms with Crippen molar-refractivity contribution < 1.29 is 4.79 Å². The molecule has 0 saturated carbocycles. The Bertz CT molecular complexity index is 482. The number of hydrogen-bond acceptors (Lipinski definition) is 3. The number of ketones is 1. The Hall–Kier alpha value is -1.74. The minimum Gasteiger partial charge on any atom is -0.294 e. The van der Waals surface area contributed by atoms with Crippen LogP contribution in [0.5, 0.6) is 0 Å². The lowest BCUT2D eigenvalue weighted by Crippen LogP contribution is -2.04. The van der Waals surface area contributed by atoms with E-state index in [9.17, 15) is 4.79 Å². The Morgan fingerprint density at radius 3 is 2.38 bits per heavy atom. The summed E-state index contributed by atoms with van der Waals surface area (Å²) in [6, 6.07) is 7.21. The predicted octanol–water partition coefficient (Wildman–Crippen LogP) is 2.56. The van der Waals surface area contributed by atoms with Gasteiger partial charge in [-0.25, -0.2) is 9.97 Å². The molecule has 0 N–H and O–H groups in total. The smallest absolute Gasteiger partial charge is 0.170 e. The molecule has 0 amide bonds.